The average Bonchev–Trinajstić information content (AvgIpc) is 2.52. The fourth-order valence-electron chi connectivity index (χ4n) is 1.95. The number of para-hydroxylation sites is 2. The van der Waals surface area contributed by atoms with Crippen LogP contribution < -0.4 is 5.32 Å². The summed E-state index contributed by atoms with van der Waals surface area (Å²) in [5.74, 6) is -0.00812. The molecule has 0 aliphatic rings. The van der Waals surface area contributed by atoms with Crippen LogP contribution in [-0.4, -0.2) is 33.6 Å². The Labute approximate surface area is 130 Å². The first kappa shape index (κ1) is 16.1. The van der Waals surface area contributed by atoms with Crippen LogP contribution in [0.25, 0.3) is 17.1 Å². The largest absolute Gasteiger partial charge is 0.393 e. The Bertz CT molecular complexity index is 668. The smallest absolute Gasteiger partial charge is 0.244 e. The third kappa shape index (κ3) is 4.63. The highest BCUT2D eigenvalue weighted by Gasteiger charge is 2.08. The van der Waals surface area contributed by atoms with Crippen molar-refractivity contribution >= 4 is 23.0 Å². The van der Waals surface area contributed by atoms with E-state index in [0.717, 1.165) is 11.0 Å². The SMILES string of the molecule is CC(C)C(O)CCNC(=O)C=Cc1cnc2ccccc2n1. The van der Waals surface area contributed by atoms with E-state index < -0.39 is 6.10 Å². The summed E-state index contributed by atoms with van der Waals surface area (Å²) < 4.78 is 0. The number of nitrogens with one attached hydrogen (secondary N) is 1. The number of carbonyl (C=O) groups is 1. The molecular weight excluding hydrogens is 278 g/mol. The van der Waals surface area contributed by atoms with Gasteiger partial charge in [0.1, 0.15) is 0 Å². The lowest BCUT2D eigenvalue weighted by Gasteiger charge is -2.13. The van der Waals surface area contributed by atoms with Crippen LogP contribution in [0, 0.1) is 5.92 Å². The fraction of sp³-hybridized carbons (Fsp3) is 0.353. The molecule has 0 radical (unpaired) electrons. The third-order valence-electron chi connectivity index (χ3n) is 3.38. The number of aromatic nitrogens is 2. The average molecular weight is 299 g/mol. The lowest BCUT2D eigenvalue weighted by atomic mass is 10.0. The van der Waals surface area contributed by atoms with E-state index in [9.17, 15) is 9.90 Å². The molecule has 0 saturated carbocycles. The van der Waals surface area contributed by atoms with Crippen LogP contribution >= 0.6 is 0 Å². The number of benzene rings is 1. The predicted octanol–water partition coefficient (Wildman–Crippen LogP) is 2.17. The Hall–Kier alpha value is -2.27. The molecule has 5 heteroatoms. The zero-order chi connectivity index (χ0) is 15.9. The van der Waals surface area contributed by atoms with Crippen molar-refractivity contribution < 1.29 is 9.90 Å². The van der Waals surface area contributed by atoms with Gasteiger partial charge in [-0.15, -0.1) is 0 Å². The van der Waals surface area contributed by atoms with E-state index in [0.29, 0.717) is 18.7 Å². The maximum atomic E-state index is 11.7. The Morgan fingerprint density at radius 2 is 2.05 bits per heavy atom. The number of amides is 1. The van der Waals surface area contributed by atoms with Crippen molar-refractivity contribution in [3.05, 3.63) is 42.2 Å². The molecule has 0 spiro atoms. The Balaban J connectivity index is 1.88. The van der Waals surface area contributed by atoms with Crippen molar-refractivity contribution in [3.63, 3.8) is 0 Å². The van der Waals surface area contributed by atoms with Gasteiger partial charge in [0.05, 0.1) is 29.0 Å². The van der Waals surface area contributed by atoms with Crippen molar-refractivity contribution in [1.82, 2.24) is 15.3 Å². The maximum Gasteiger partial charge on any atom is 0.244 e. The van der Waals surface area contributed by atoms with Crippen LogP contribution in [-0.2, 0) is 4.79 Å². The molecule has 0 aliphatic carbocycles. The van der Waals surface area contributed by atoms with Gasteiger partial charge in [-0.3, -0.25) is 9.78 Å². The van der Waals surface area contributed by atoms with Crippen molar-refractivity contribution in [1.29, 1.82) is 0 Å². The van der Waals surface area contributed by atoms with Gasteiger partial charge in [0.15, 0.2) is 0 Å². The summed E-state index contributed by atoms with van der Waals surface area (Å²) in [5, 5.41) is 12.4. The van der Waals surface area contributed by atoms with Crippen molar-refractivity contribution in [2.75, 3.05) is 6.54 Å². The highest BCUT2D eigenvalue weighted by Crippen LogP contribution is 2.09. The molecule has 2 aromatic rings. The standard InChI is InChI=1S/C17H21N3O2/c1-12(2)16(21)9-10-18-17(22)8-7-13-11-19-14-5-3-4-6-15(14)20-13/h3-8,11-12,16,21H,9-10H2,1-2H3,(H,18,22). The first-order chi connectivity index (χ1) is 10.6. The lowest BCUT2D eigenvalue weighted by Crippen LogP contribution is -2.27. The van der Waals surface area contributed by atoms with E-state index in [-0.39, 0.29) is 11.8 Å². The molecule has 22 heavy (non-hydrogen) atoms. The summed E-state index contributed by atoms with van der Waals surface area (Å²) in [6, 6.07) is 7.58. The molecule has 1 unspecified atom stereocenters. The maximum absolute atomic E-state index is 11.7. The molecule has 116 valence electrons. The minimum atomic E-state index is -0.393. The van der Waals surface area contributed by atoms with E-state index >= 15 is 0 Å². The predicted molar refractivity (Wildman–Crippen MR) is 87.0 cm³/mol. The quantitative estimate of drug-likeness (QED) is 0.802. The monoisotopic (exact) mass is 299 g/mol. The molecule has 1 aromatic carbocycles. The van der Waals surface area contributed by atoms with Crippen LogP contribution in [0.4, 0.5) is 0 Å². The molecular formula is C17H21N3O2. The molecule has 1 heterocycles. The zero-order valence-electron chi connectivity index (χ0n) is 12.9. The normalized spacial score (nSPS) is 12.9. The van der Waals surface area contributed by atoms with Gasteiger partial charge in [-0.05, 0) is 30.5 Å². The molecule has 1 aromatic heterocycles. The number of aliphatic hydroxyl groups is 1. The highest BCUT2D eigenvalue weighted by atomic mass is 16.3. The van der Waals surface area contributed by atoms with Crippen LogP contribution in [0.5, 0.6) is 0 Å². The second-order valence-electron chi connectivity index (χ2n) is 5.51. The summed E-state index contributed by atoms with van der Waals surface area (Å²) in [7, 11) is 0. The molecule has 0 saturated heterocycles. The number of hydrogen-bond acceptors (Lipinski definition) is 4. The molecule has 2 N–H and O–H groups in total. The first-order valence-electron chi connectivity index (χ1n) is 7.42. The number of carbonyl (C=O) groups excluding carboxylic acids is 1. The molecule has 0 aliphatic heterocycles. The summed E-state index contributed by atoms with van der Waals surface area (Å²) in [5.41, 5.74) is 2.26. The Morgan fingerprint density at radius 3 is 2.77 bits per heavy atom. The van der Waals surface area contributed by atoms with Crippen molar-refractivity contribution in [2.24, 2.45) is 5.92 Å². The van der Waals surface area contributed by atoms with E-state index in [1.165, 1.54) is 6.08 Å². The van der Waals surface area contributed by atoms with E-state index in [4.69, 9.17) is 0 Å². The van der Waals surface area contributed by atoms with Gasteiger partial charge in [0.2, 0.25) is 5.91 Å². The van der Waals surface area contributed by atoms with Gasteiger partial charge in [0, 0.05) is 12.6 Å². The topological polar surface area (TPSA) is 75.1 Å². The number of fused-ring (bicyclic) bond motifs is 1. The van der Waals surface area contributed by atoms with Crippen LogP contribution in [0.2, 0.25) is 0 Å². The van der Waals surface area contributed by atoms with Crippen LogP contribution in [0.15, 0.2) is 36.5 Å². The van der Waals surface area contributed by atoms with Gasteiger partial charge in [-0.25, -0.2) is 4.98 Å². The number of nitrogens with zero attached hydrogens (tertiary/aromatic N) is 2. The first-order valence-corrected chi connectivity index (χ1v) is 7.42. The molecule has 1 atom stereocenters. The second kappa shape index (κ2) is 7.66. The third-order valence-corrected chi connectivity index (χ3v) is 3.38. The Kier molecular flexibility index (Phi) is 5.61. The van der Waals surface area contributed by atoms with E-state index in [1.807, 2.05) is 38.1 Å². The fourth-order valence-corrected chi connectivity index (χ4v) is 1.95. The van der Waals surface area contributed by atoms with Gasteiger partial charge < -0.3 is 10.4 Å². The number of rotatable bonds is 6. The van der Waals surface area contributed by atoms with Gasteiger partial charge >= 0.3 is 0 Å². The summed E-state index contributed by atoms with van der Waals surface area (Å²) in [6.07, 6.45) is 4.85. The minimum Gasteiger partial charge on any atom is -0.393 e. The minimum absolute atomic E-state index is 0.195. The number of aliphatic hydroxyl groups excluding tert-OH is 1. The summed E-state index contributed by atoms with van der Waals surface area (Å²) >= 11 is 0. The molecule has 0 bridgehead atoms. The Morgan fingerprint density at radius 1 is 1.32 bits per heavy atom. The van der Waals surface area contributed by atoms with Gasteiger partial charge in [0.25, 0.3) is 0 Å². The molecule has 2 rings (SSSR count). The molecule has 0 fully saturated rings. The van der Waals surface area contributed by atoms with Crippen molar-refractivity contribution in [2.45, 2.75) is 26.4 Å². The second-order valence-corrected chi connectivity index (χ2v) is 5.51. The van der Waals surface area contributed by atoms with Crippen LogP contribution in [0.1, 0.15) is 26.0 Å². The van der Waals surface area contributed by atoms with Gasteiger partial charge in [-0.2, -0.15) is 0 Å². The van der Waals surface area contributed by atoms with E-state index in [2.05, 4.69) is 15.3 Å². The van der Waals surface area contributed by atoms with Gasteiger partial charge in [-0.1, -0.05) is 26.0 Å². The van der Waals surface area contributed by atoms with Crippen LogP contribution in [0.3, 0.4) is 0 Å². The van der Waals surface area contributed by atoms with E-state index in [1.54, 1.807) is 12.3 Å². The summed E-state index contributed by atoms with van der Waals surface area (Å²) in [4.78, 5) is 20.4. The van der Waals surface area contributed by atoms with Crippen molar-refractivity contribution in [3.8, 4) is 0 Å². The highest BCUT2D eigenvalue weighted by molar-refractivity contribution is 5.91. The molecule has 1 amide bonds. The zero-order valence-corrected chi connectivity index (χ0v) is 12.9. The summed E-state index contributed by atoms with van der Waals surface area (Å²) in [6.45, 7) is 4.35. The molecule has 5 nitrogen and oxygen atoms in total. The number of hydrogen-bond donors (Lipinski definition) is 2. The lowest BCUT2D eigenvalue weighted by molar-refractivity contribution is -0.116.